The van der Waals surface area contributed by atoms with Gasteiger partial charge in [0.2, 0.25) is 6.79 Å². The van der Waals surface area contributed by atoms with Crippen molar-refractivity contribution in [3.8, 4) is 34.6 Å². The number of aromatic nitrogens is 1. The highest BCUT2D eigenvalue weighted by atomic mass is 16.7. The normalized spacial score (nSPS) is 17.5. The number of aromatic hydroxyl groups is 1. The van der Waals surface area contributed by atoms with E-state index in [9.17, 15) is 15.2 Å². The van der Waals surface area contributed by atoms with Crippen LogP contribution in [0.3, 0.4) is 0 Å². The molecule has 5 heterocycles. The van der Waals surface area contributed by atoms with Gasteiger partial charge in [0.25, 0.3) is 11.8 Å². The third kappa shape index (κ3) is 6.76. The molecule has 0 bridgehead atoms. The molecule has 11 heteroatoms. The number of ether oxygens (including phenoxy) is 3. The molecule has 4 aromatic carbocycles. The fourth-order valence-corrected chi connectivity index (χ4v) is 8.63. The van der Waals surface area contributed by atoms with Gasteiger partial charge in [-0.05, 0) is 104 Å². The SMILES string of the molecule is N#Cc1cccc(N(C(=O)c2cc(-c3cc4c(cc3C(=O)N3Cc5ccccc5C[C@H]3CCN3CCOCC3)OCO4)n3c2CCCC3)c2ccc(O)cc2)c1. The number of nitrogens with zero attached hydrogens (tertiary/aromatic N) is 5. The van der Waals surface area contributed by atoms with Crippen LogP contribution >= 0.6 is 0 Å². The van der Waals surface area contributed by atoms with E-state index < -0.39 is 0 Å². The Kier molecular flexibility index (Phi) is 9.67. The van der Waals surface area contributed by atoms with E-state index in [4.69, 9.17) is 14.2 Å². The van der Waals surface area contributed by atoms with Gasteiger partial charge in [-0.2, -0.15) is 5.26 Å². The summed E-state index contributed by atoms with van der Waals surface area (Å²) in [5.41, 5.74) is 7.29. The van der Waals surface area contributed by atoms with Crippen molar-refractivity contribution in [2.24, 2.45) is 0 Å². The van der Waals surface area contributed by atoms with Gasteiger partial charge in [-0.25, -0.2) is 0 Å². The Balaban J connectivity index is 1.14. The summed E-state index contributed by atoms with van der Waals surface area (Å²) in [6.45, 7) is 5.34. The molecular formula is C45H43N5O6. The van der Waals surface area contributed by atoms with Crippen molar-refractivity contribution in [1.82, 2.24) is 14.4 Å². The summed E-state index contributed by atoms with van der Waals surface area (Å²) in [7, 11) is 0. The summed E-state index contributed by atoms with van der Waals surface area (Å²) >= 11 is 0. The molecule has 1 fully saturated rings. The molecule has 2 amide bonds. The maximum atomic E-state index is 15.2. The second-order valence-corrected chi connectivity index (χ2v) is 14.9. The smallest absolute Gasteiger partial charge is 0.264 e. The highest BCUT2D eigenvalue weighted by Crippen LogP contribution is 2.43. The number of phenols is 1. The van der Waals surface area contributed by atoms with Gasteiger partial charge >= 0.3 is 0 Å². The summed E-state index contributed by atoms with van der Waals surface area (Å²) in [6.07, 6.45) is 4.13. The van der Waals surface area contributed by atoms with E-state index in [2.05, 4.69) is 33.7 Å². The molecule has 56 heavy (non-hydrogen) atoms. The lowest BCUT2D eigenvalue weighted by molar-refractivity contribution is 0.0308. The molecule has 0 spiro atoms. The molecule has 1 atom stereocenters. The second kappa shape index (κ2) is 15.2. The minimum absolute atomic E-state index is 0.0140. The minimum atomic E-state index is -0.271. The minimum Gasteiger partial charge on any atom is -0.508 e. The van der Waals surface area contributed by atoms with Gasteiger partial charge in [0.05, 0.1) is 41.7 Å². The fraction of sp³-hybridized carbons (Fsp3) is 0.311. The van der Waals surface area contributed by atoms with Crippen molar-refractivity contribution in [1.29, 1.82) is 5.26 Å². The van der Waals surface area contributed by atoms with Gasteiger partial charge in [-0.15, -0.1) is 0 Å². The number of carbonyl (C=O) groups is 2. The lowest BCUT2D eigenvalue weighted by atomic mass is 9.90. The van der Waals surface area contributed by atoms with Crippen LogP contribution in [0.4, 0.5) is 11.4 Å². The van der Waals surface area contributed by atoms with E-state index in [-0.39, 0.29) is 30.4 Å². The van der Waals surface area contributed by atoms with Crippen LogP contribution in [0.25, 0.3) is 11.3 Å². The van der Waals surface area contributed by atoms with Gasteiger partial charge in [-0.3, -0.25) is 19.4 Å². The topological polar surface area (TPSA) is 121 Å². The Bertz CT molecular complexity index is 2340. The number of nitriles is 1. The predicted octanol–water partition coefficient (Wildman–Crippen LogP) is 7.07. The number of hydrogen-bond acceptors (Lipinski definition) is 8. The van der Waals surface area contributed by atoms with Crippen molar-refractivity contribution in [3.63, 3.8) is 0 Å². The molecule has 1 saturated heterocycles. The van der Waals surface area contributed by atoms with Gasteiger partial charge in [-0.1, -0.05) is 30.3 Å². The van der Waals surface area contributed by atoms with Crippen molar-refractivity contribution in [2.75, 3.05) is 44.5 Å². The Morgan fingerprint density at radius 1 is 0.839 bits per heavy atom. The van der Waals surface area contributed by atoms with E-state index in [1.807, 2.05) is 29.2 Å². The molecule has 284 valence electrons. The Hall–Kier alpha value is -6.09. The first-order valence-electron chi connectivity index (χ1n) is 19.4. The Morgan fingerprint density at radius 2 is 1.62 bits per heavy atom. The summed E-state index contributed by atoms with van der Waals surface area (Å²) in [5, 5.41) is 19.8. The third-order valence-corrected chi connectivity index (χ3v) is 11.5. The molecular weight excluding hydrogens is 707 g/mol. The highest BCUT2D eigenvalue weighted by molar-refractivity contribution is 6.13. The van der Waals surface area contributed by atoms with Crippen LogP contribution in [0.2, 0.25) is 0 Å². The standard InChI is InChI=1S/C45H43N5O6/c46-27-30-6-5-9-35(22-30)50(33-11-13-36(51)14-12-33)45(53)39-24-41(48-16-4-3-10-40(39)48)37-25-42-43(56-29-55-42)26-38(37)44(52)49-28-32-8-2-1-7-31(32)23-34(49)15-17-47-18-20-54-21-19-47/h1-2,5-9,11-14,22,24-26,34,51H,3-4,10,15-21,23,28-29H2/t34-/m1/s1. The van der Waals surface area contributed by atoms with Crippen LogP contribution < -0.4 is 14.4 Å². The van der Waals surface area contributed by atoms with Gasteiger partial charge in [0.1, 0.15) is 5.75 Å². The molecule has 0 saturated carbocycles. The number of phenolic OH excluding ortho intramolecular Hbond substituents is 1. The summed E-state index contributed by atoms with van der Waals surface area (Å²) in [6, 6.07) is 29.6. The molecule has 4 aliphatic rings. The number of morpholine rings is 1. The van der Waals surface area contributed by atoms with Crippen LogP contribution in [0.15, 0.2) is 91.0 Å². The van der Waals surface area contributed by atoms with Gasteiger partial charge in [0.15, 0.2) is 11.5 Å². The van der Waals surface area contributed by atoms with Crippen molar-refractivity contribution >= 4 is 23.2 Å². The van der Waals surface area contributed by atoms with Crippen LogP contribution in [0, 0.1) is 11.3 Å². The van der Waals surface area contributed by atoms with E-state index in [1.165, 1.54) is 5.56 Å². The predicted molar refractivity (Wildman–Crippen MR) is 210 cm³/mol. The molecule has 1 aromatic heterocycles. The number of hydrogen-bond donors (Lipinski definition) is 1. The van der Waals surface area contributed by atoms with Crippen molar-refractivity contribution in [2.45, 2.75) is 51.2 Å². The van der Waals surface area contributed by atoms with Crippen LogP contribution in [-0.4, -0.2) is 77.0 Å². The molecule has 0 unspecified atom stereocenters. The molecule has 0 aliphatic carbocycles. The highest BCUT2D eigenvalue weighted by Gasteiger charge is 2.35. The average Bonchev–Trinajstić information content (AvgIpc) is 3.88. The zero-order valence-electron chi connectivity index (χ0n) is 31.2. The number of rotatable bonds is 8. The third-order valence-electron chi connectivity index (χ3n) is 11.5. The Labute approximate surface area is 325 Å². The van der Waals surface area contributed by atoms with E-state index in [0.717, 1.165) is 75.5 Å². The maximum Gasteiger partial charge on any atom is 0.264 e. The maximum absolute atomic E-state index is 15.2. The molecule has 9 rings (SSSR count). The molecule has 4 aliphatic heterocycles. The van der Waals surface area contributed by atoms with Gasteiger partial charge < -0.3 is 28.8 Å². The van der Waals surface area contributed by atoms with E-state index in [1.54, 1.807) is 53.4 Å². The van der Waals surface area contributed by atoms with Crippen LogP contribution in [-0.2, 0) is 30.7 Å². The number of benzene rings is 4. The van der Waals surface area contributed by atoms with Crippen molar-refractivity contribution < 1.29 is 28.9 Å². The first-order valence-corrected chi connectivity index (χ1v) is 19.4. The van der Waals surface area contributed by atoms with Crippen molar-refractivity contribution in [3.05, 3.63) is 125 Å². The average molecular weight is 750 g/mol. The van der Waals surface area contributed by atoms with Gasteiger partial charge in [0, 0.05) is 61.4 Å². The summed E-state index contributed by atoms with van der Waals surface area (Å²) in [5.74, 6) is 0.806. The molecule has 0 radical (unpaired) electrons. The molecule has 11 nitrogen and oxygen atoms in total. The fourth-order valence-electron chi connectivity index (χ4n) is 8.63. The molecule has 1 N–H and O–H groups in total. The number of fused-ring (bicyclic) bond motifs is 3. The second-order valence-electron chi connectivity index (χ2n) is 14.9. The largest absolute Gasteiger partial charge is 0.508 e. The van der Waals surface area contributed by atoms with Crippen LogP contribution in [0.5, 0.6) is 17.2 Å². The van der Waals surface area contributed by atoms with E-state index in [0.29, 0.717) is 64.6 Å². The summed E-state index contributed by atoms with van der Waals surface area (Å²) < 4.78 is 19.6. The lowest BCUT2D eigenvalue weighted by Crippen LogP contribution is -2.47. The van der Waals surface area contributed by atoms with Crippen LogP contribution in [0.1, 0.15) is 62.4 Å². The first-order chi connectivity index (χ1) is 27.4. The molecule has 5 aromatic rings. The first kappa shape index (κ1) is 35.6. The Morgan fingerprint density at radius 3 is 2.43 bits per heavy atom. The monoisotopic (exact) mass is 749 g/mol. The number of carbonyl (C=O) groups excluding carboxylic acids is 2. The zero-order valence-corrected chi connectivity index (χ0v) is 31.2. The number of amides is 2. The zero-order chi connectivity index (χ0) is 38.2. The number of anilines is 2. The quantitative estimate of drug-likeness (QED) is 0.179. The lowest BCUT2D eigenvalue weighted by Gasteiger charge is -2.39. The van der Waals surface area contributed by atoms with E-state index >= 15 is 4.79 Å². The summed E-state index contributed by atoms with van der Waals surface area (Å²) in [4.78, 5) is 36.2.